The minimum atomic E-state index is -3.72. The van der Waals surface area contributed by atoms with Gasteiger partial charge in [-0.1, -0.05) is 24.6 Å². The number of rotatable bonds is 7. The topological polar surface area (TPSA) is 95.9 Å². The van der Waals surface area contributed by atoms with Crippen molar-refractivity contribution >= 4 is 15.7 Å². The quantitative estimate of drug-likeness (QED) is 0.544. The number of ether oxygens (including phenoxy) is 1. The van der Waals surface area contributed by atoms with E-state index in [0.717, 1.165) is 19.3 Å². The van der Waals surface area contributed by atoms with E-state index in [2.05, 4.69) is 0 Å². The standard InChI is InChI=1S/C20H24N2O5S/c23-20(21-24)19(22-13-5-2-6-14-22)15-28(25,26)18-11-9-17(10-12-18)27-16-7-3-1-4-8-16/h1,3-4,7-12,19,24H,2,5-6,13-15H2,(H,21,23)/t19-/m1/s1. The Morgan fingerprint density at radius 1 is 1.00 bits per heavy atom. The highest BCUT2D eigenvalue weighted by Gasteiger charge is 2.32. The third kappa shape index (κ3) is 5.09. The molecule has 1 saturated heterocycles. The fraction of sp³-hybridized carbons (Fsp3) is 0.350. The van der Waals surface area contributed by atoms with Crippen molar-refractivity contribution in [2.75, 3.05) is 18.8 Å². The number of nitrogens with one attached hydrogen (secondary N) is 1. The second-order valence-electron chi connectivity index (χ2n) is 6.76. The molecule has 28 heavy (non-hydrogen) atoms. The Bertz CT molecular complexity index is 879. The smallest absolute Gasteiger partial charge is 0.261 e. The van der Waals surface area contributed by atoms with Crippen LogP contribution in [-0.2, 0) is 14.6 Å². The average molecular weight is 404 g/mol. The molecule has 2 aromatic carbocycles. The van der Waals surface area contributed by atoms with Crippen LogP contribution >= 0.6 is 0 Å². The summed E-state index contributed by atoms with van der Waals surface area (Å²) in [5.41, 5.74) is 1.61. The lowest BCUT2D eigenvalue weighted by Crippen LogP contribution is -2.51. The van der Waals surface area contributed by atoms with Crippen molar-refractivity contribution in [3.05, 3.63) is 54.6 Å². The molecule has 1 heterocycles. The summed E-state index contributed by atoms with van der Waals surface area (Å²) in [5, 5.41) is 9.04. The molecule has 1 atom stereocenters. The van der Waals surface area contributed by atoms with Crippen LogP contribution in [0.15, 0.2) is 59.5 Å². The molecule has 1 aliphatic rings. The van der Waals surface area contributed by atoms with Crippen molar-refractivity contribution < 1.29 is 23.2 Å². The minimum absolute atomic E-state index is 0.112. The number of benzene rings is 2. The molecule has 8 heteroatoms. The van der Waals surface area contributed by atoms with Gasteiger partial charge in [0.1, 0.15) is 17.5 Å². The lowest BCUT2D eigenvalue weighted by atomic mass is 10.1. The van der Waals surface area contributed by atoms with E-state index in [0.29, 0.717) is 24.6 Å². The van der Waals surface area contributed by atoms with Crippen molar-refractivity contribution in [3.63, 3.8) is 0 Å². The van der Waals surface area contributed by atoms with Crippen LogP contribution in [0.1, 0.15) is 19.3 Å². The van der Waals surface area contributed by atoms with Crippen LogP contribution in [0.5, 0.6) is 11.5 Å². The van der Waals surface area contributed by atoms with Gasteiger partial charge < -0.3 is 4.74 Å². The molecule has 7 nitrogen and oxygen atoms in total. The first kappa shape index (κ1) is 20.3. The zero-order valence-electron chi connectivity index (χ0n) is 15.5. The highest BCUT2D eigenvalue weighted by atomic mass is 32.2. The maximum absolute atomic E-state index is 12.8. The van der Waals surface area contributed by atoms with Crippen LogP contribution in [0, 0.1) is 0 Å². The summed E-state index contributed by atoms with van der Waals surface area (Å²) in [7, 11) is -3.72. The number of amides is 1. The Kier molecular flexibility index (Phi) is 6.66. The van der Waals surface area contributed by atoms with Crippen LogP contribution in [-0.4, -0.2) is 49.3 Å². The highest BCUT2D eigenvalue weighted by molar-refractivity contribution is 7.91. The van der Waals surface area contributed by atoms with Crippen molar-refractivity contribution in [1.82, 2.24) is 10.4 Å². The first-order valence-corrected chi connectivity index (χ1v) is 10.9. The molecule has 3 rings (SSSR count). The summed E-state index contributed by atoms with van der Waals surface area (Å²) in [4.78, 5) is 14.0. The van der Waals surface area contributed by atoms with Gasteiger partial charge in [0.25, 0.3) is 5.91 Å². The van der Waals surface area contributed by atoms with Crippen LogP contribution in [0.3, 0.4) is 0 Å². The third-order valence-electron chi connectivity index (χ3n) is 4.78. The number of hydrogen-bond acceptors (Lipinski definition) is 6. The maximum atomic E-state index is 12.8. The summed E-state index contributed by atoms with van der Waals surface area (Å²) in [6.45, 7) is 1.27. The van der Waals surface area contributed by atoms with Crippen LogP contribution in [0.2, 0.25) is 0 Å². The molecule has 0 spiro atoms. The molecular weight excluding hydrogens is 380 g/mol. The molecule has 1 amide bonds. The molecule has 150 valence electrons. The van der Waals surface area contributed by atoms with Gasteiger partial charge in [0.15, 0.2) is 9.84 Å². The van der Waals surface area contributed by atoms with Gasteiger partial charge in [-0.25, -0.2) is 13.9 Å². The van der Waals surface area contributed by atoms with E-state index in [9.17, 15) is 13.2 Å². The van der Waals surface area contributed by atoms with E-state index in [1.807, 2.05) is 23.1 Å². The van der Waals surface area contributed by atoms with Gasteiger partial charge in [0, 0.05) is 0 Å². The second-order valence-corrected chi connectivity index (χ2v) is 8.79. The molecule has 2 aromatic rings. The fourth-order valence-electron chi connectivity index (χ4n) is 3.30. The summed E-state index contributed by atoms with van der Waals surface area (Å²) in [6.07, 6.45) is 2.86. The van der Waals surface area contributed by atoms with Crippen molar-refractivity contribution in [2.24, 2.45) is 0 Å². The SMILES string of the molecule is O=C(NO)[C@@H](CS(=O)(=O)c1ccc(Oc2ccccc2)cc1)N1CCCCC1. The maximum Gasteiger partial charge on any atom is 0.261 e. The third-order valence-corrected chi connectivity index (χ3v) is 6.53. The number of carbonyl (C=O) groups excluding carboxylic acids is 1. The molecule has 0 bridgehead atoms. The summed E-state index contributed by atoms with van der Waals surface area (Å²) in [5.74, 6) is 0.0846. The van der Waals surface area contributed by atoms with E-state index < -0.39 is 27.5 Å². The van der Waals surface area contributed by atoms with Gasteiger partial charge in [0.05, 0.1) is 10.6 Å². The van der Waals surface area contributed by atoms with Gasteiger partial charge in [-0.2, -0.15) is 0 Å². The number of para-hydroxylation sites is 1. The molecule has 0 unspecified atom stereocenters. The number of piperidine rings is 1. The monoisotopic (exact) mass is 404 g/mol. The first-order chi connectivity index (χ1) is 13.5. The van der Waals surface area contributed by atoms with E-state index in [4.69, 9.17) is 9.94 Å². The number of hydroxylamine groups is 1. The van der Waals surface area contributed by atoms with E-state index in [1.54, 1.807) is 29.7 Å². The molecule has 1 fully saturated rings. The van der Waals surface area contributed by atoms with Crippen molar-refractivity contribution in [2.45, 2.75) is 30.2 Å². The van der Waals surface area contributed by atoms with Crippen LogP contribution in [0.25, 0.3) is 0 Å². The average Bonchev–Trinajstić information content (AvgIpc) is 2.73. The molecule has 0 saturated carbocycles. The normalized spacial score (nSPS) is 16.3. The van der Waals surface area contributed by atoms with Gasteiger partial charge in [-0.05, 0) is 62.3 Å². The summed E-state index contributed by atoms with van der Waals surface area (Å²) >= 11 is 0. The fourth-order valence-corrected chi connectivity index (χ4v) is 4.82. The number of carbonyl (C=O) groups is 1. The first-order valence-electron chi connectivity index (χ1n) is 9.23. The largest absolute Gasteiger partial charge is 0.457 e. The number of nitrogens with zero attached hydrogens (tertiary/aromatic N) is 1. The van der Waals surface area contributed by atoms with Crippen LogP contribution < -0.4 is 10.2 Å². The Hall–Kier alpha value is -2.42. The molecule has 0 aromatic heterocycles. The van der Waals surface area contributed by atoms with Crippen LogP contribution in [0.4, 0.5) is 0 Å². The number of hydrogen-bond donors (Lipinski definition) is 2. The number of sulfone groups is 1. The minimum Gasteiger partial charge on any atom is -0.457 e. The second kappa shape index (κ2) is 9.18. The van der Waals surface area contributed by atoms with Gasteiger partial charge in [-0.3, -0.25) is 14.9 Å². The Balaban J connectivity index is 1.74. The van der Waals surface area contributed by atoms with Crippen molar-refractivity contribution in [3.8, 4) is 11.5 Å². The Labute approximate surface area is 164 Å². The van der Waals surface area contributed by atoms with E-state index >= 15 is 0 Å². The lowest BCUT2D eigenvalue weighted by molar-refractivity contribution is -0.134. The lowest BCUT2D eigenvalue weighted by Gasteiger charge is -2.32. The summed E-state index contributed by atoms with van der Waals surface area (Å²) in [6, 6.07) is 14.4. The Morgan fingerprint density at radius 2 is 1.61 bits per heavy atom. The predicted molar refractivity (Wildman–Crippen MR) is 104 cm³/mol. The highest BCUT2D eigenvalue weighted by Crippen LogP contribution is 2.24. The Morgan fingerprint density at radius 3 is 2.21 bits per heavy atom. The van der Waals surface area contributed by atoms with Gasteiger partial charge >= 0.3 is 0 Å². The molecule has 2 N–H and O–H groups in total. The summed E-state index contributed by atoms with van der Waals surface area (Å²) < 4.78 is 31.4. The van der Waals surface area contributed by atoms with Gasteiger partial charge in [0.2, 0.25) is 0 Å². The molecular formula is C20H24N2O5S. The molecule has 0 radical (unpaired) electrons. The van der Waals surface area contributed by atoms with E-state index in [1.165, 1.54) is 12.1 Å². The molecule has 0 aliphatic carbocycles. The van der Waals surface area contributed by atoms with Crippen molar-refractivity contribution in [1.29, 1.82) is 0 Å². The van der Waals surface area contributed by atoms with Gasteiger partial charge in [-0.15, -0.1) is 0 Å². The zero-order chi connectivity index (χ0) is 20.0. The zero-order valence-corrected chi connectivity index (χ0v) is 16.3. The number of likely N-dealkylation sites (tertiary alicyclic amines) is 1. The molecule has 1 aliphatic heterocycles. The predicted octanol–water partition coefficient (Wildman–Crippen LogP) is 2.61. The van der Waals surface area contributed by atoms with E-state index in [-0.39, 0.29) is 4.90 Å².